The van der Waals surface area contributed by atoms with E-state index in [1.807, 2.05) is 0 Å². The van der Waals surface area contributed by atoms with Crippen LogP contribution in [0.4, 0.5) is 0 Å². The molecule has 2 heteroatoms. The van der Waals surface area contributed by atoms with Crippen LogP contribution < -0.4 is 5.32 Å². The number of aryl methyl sites for hydroxylation is 1. The summed E-state index contributed by atoms with van der Waals surface area (Å²) in [5.41, 5.74) is 2.83. The van der Waals surface area contributed by atoms with Crippen LogP contribution in [0.15, 0.2) is 24.3 Å². The molecule has 0 radical (unpaired) electrons. The van der Waals surface area contributed by atoms with Crippen LogP contribution in [0.2, 0.25) is 0 Å². The molecule has 1 heterocycles. The molecule has 0 saturated carbocycles. The van der Waals surface area contributed by atoms with Crippen molar-refractivity contribution < 1.29 is 0 Å². The SMILES string of the molecule is CCNCCC1CCN(Cc2cccc(C)c2)C1. The minimum atomic E-state index is 0.897. The maximum absolute atomic E-state index is 3.43. The predicted molar refractivity (Wildman–Crippen MR) is 77.7 cm³/mol. The van der Waals surface area contributed by atoms with E-state index in [0.717, 1.165) is 19.0 Å². The molecule has 0 amide bonds. The number of nitrogens with zero attached hydrogens (tertiary/aromatic N) is 1. The fourth-order valence-corrected chi connectivity index (χ4v) is 2.84. The highest BCUT2D eigenvalue weighted by molar-refractivity contribution is 5.22. The van der Waals surface area contributed by atoms with Gasteiger partial charge >= 0.3 is 0 Å². The molecule has 0 aliphatic carbocycles. The lowest BCUT2D eigenvalue weighted by Crippen LogP contribution is -2.22. The van der Waals surface area contributed by atoms with Gasteiger partial charge in [0.05, 0.1) is 0 Å². The van der Waals surface area contributed by atoms with Crippen LogP contribution in [0.25, 0.3) is 0 Å². The fourth-order valence-electron chi connectivity index (χ4n) is 2.84. The molecule has 1 atom stereocenters. The standard InChI is InChI=1S/C16H26N2/c1-3-17-9-7-15-8-10-18(12-15)13-16-6-4-5-14(2)11-16/h4-6,11,15,17H,3,7-10,12-13H2,1-2H3. The molecule has 1 aliphatic heterocycles. The summed E-state index contributed by atoms with van der Waals surface area (Å²) < 4.78 is 0. The van der Waals surface area contributed by atoms with E-state index in [2.05, 4.69) is 48.3 Å². The Morgan fingerprint density at radius 3 is 3.06 bits per heavy atom. The molecule has 1 saturated heterocycles. The molecule has 100 valence electrons. The van der Waals surface area contributed by atoms with Crippen molar-refractivity contribution >= 4 is 0 Å². The topological polar surface area (TPSA) is 15.3 Å². The van der Waals surface area contributed by atoms with Gasteiger partial charge < -0.3 is 5.32 Å². The highest BCUT2D eigenvalue weighted by Gasteiger charge is 2.21. The van der Waals surface area contributed by atoms with Crippen molar-refractivity contribution in [3.05, 3.63) is 35.4 Å². The number of rotatable bonds is 6. The Morgan fingerprint density at radius 1 is 1.39 bits per heavy atom. The van der Waals surface area contributed by atoms with E-state index in [9.17, 15) is 0 Å². The van der Waals surface area contributed by atoms with Gasteiger partial charge in [-0.05, 0) is 50.9 Å². The second-order valence-corrected chi connectivity index (χ2v) is 5.52. The van der Waals surface area contributed by atoms with Gasteiger partial charge in [0, 0.05) is 13.1 Å². The van der Waals surface area contributed by atoms with Crippen molar-refractivity contribution in [2.24, 2.45) is 5.92 Å². The zero-order valence-corrected chi connectivity index (χ0v) is 11.8. The maximum Gasteiger partial charge on any atom is 0.0233 e. The summed E-state index contributed by atoms with van der Waals surface area (Å²) in [5, 5.41) is 3.43. The number of hydrogen-bond donors (Lipinski definition) is 1. The predicted octanol–water partition coefficient (Wildman–Crippen LogP) is 2.82. The van der Waals surface area contributed by atoms with E-state index < -0.39 is 0 Å². The lowest BCUT2D eigenvalue weighted by molar-refractivity contribution is 0.312. The number of likely N-dealkylation sites (tertiary alicyclic amines) is 1. The molecule has 1 fully saturated rings. The van der Waals surface area contributed by atoms with E-state index >= 15 is 0 Å². The third-order valence-corrected chi connectivity index (χ3v) is 3.84. The molecule has 0 aromatic heterocycles. The molecule has 2 rings (SSSR count). The third-order valence-electron chi connectivity index (χ3n) is 3.84. The number of nitrogens with one attached hydrogen (secondary N) is 1. The van der Waals surface area contributed by atoms with Gasteiger partial charge in [-0.3, -0.25) is 4.90 Å². The van der Waals surface area contributed by atoms with Crippen LogP contribution in [0.3, 0.4) is 0 Å². The number of hydrogen-bond acceptors (Lipinski definition) is 2. The smallest absolute Gasteiger partial charge is 0.0233 e. The Kier molecular flexibility index (Phi) is 5.21. The van der Waals surface area contributed by atoms with Gasteiger partial charge in [-0.2, -0.15) is 0 Å². The van der Waals surface area contributed by atoms with Crippen molar-refractivity contribution in [3.63, 3.8) is 0 Å². The highest BCUT2D eigenvalue weighted by Crippen LogP contribution is 2.21. The van der Waals surface area contributed by atoms with Crippen LogP contribution in [-0.2, 0) is 6.54 Å². The average Bonchev–Trinajstić information content (AvgIpc) is 2.77. The molecule has 0 spiro atoms. The van der Waals surface area contributed by atoms with Gasteiger partial charge in [0.1, 0.15) is 0 Å². The summed E-state index contributed by atoms with van der Waals surface area (Å²) in [5.74, 6) is 0.897. The van der Waals surface area contributed by atoms with Crippen LogP contribution in [-0.4, -0.2) is 31.1 Å². The molecule has 2 nitrogen and oxygen atoms in total. The quantitative estimate of drug-likeness (QED) is 0.777. The summed E-state index contributed by atoms with van der Waals surface area (Å²) in [6.07, 6.45) is 2.70. The van der Waals surface area contributed by atoms with Crippen molar-refractivity contribution in [2.45, 2.75) is 33.2 Å². The highest BCUT2D eigenvalue weighted by atomic mass is 15.1. The summed E-state index contributed by atoms with van der Waals surface area (Å²) in [6.45, 7) is 10.3. The van der Waals surface area contributed by atoms with Crippen molar-refractivity contribution in [1.29, 1.82) is 0 Å². The van der Waals surface area contributed by atoms with Gasteiger partial charge in [0.15, 0.2) is 0 Å². The van der Waals surface area contributed by atoms with Gasteiger partial charge in [-0.15, -0.1) is 0 Å². The minimum Gasteiger partial charge on any atom is -0.317 e. The molecular formula is C16H26N2. The third kappa shape index (κ3) is 4.11. The van der Waals surface area contributed by atoms with Crippen molar-refractivity contribution in [3.8, 4) is 0 Å². The van der Waals surface area contributed by atoms with E-state index in [4.69, 9.17) is 0 Å². The van der Waals surface area contributed by atoms with Crippen LogP contribution in [0, 0.1) is 12.8 Å². The molecular weight excluding hydrogens is 220 g/mol. The normalized spacial score (nSPS) is 20.4. The Bertz CT molecular complexity index is 362. The Balaban J connectivity index is 1.75. The van der Waals surface area contributed by atoms with Crippen molar-refractivity contribution in [1.82, 2.24) is 10.2 Å². The fraction of sp³-hybridized carbons (Fsp3) is 0.625. The van der Waals surface area contributed by atoms with Crippen LogP contribution in [0.1, 0.15) is 30.9 Å². The summed E-state index contributed by atoms with van der Waals surface area (Å²) in [6, 6.07) is 8.90. The Morgan fingerprint density at radius 2 is 2.28 bits per heavy atom. The summed E-state index contributed by atoms with van der Waals surface area (Å²) in [7, 11) is 0. The van der Waals surface area contributed by atoms with Crippen LogP contribution >= 0.6 is 0 Å². The van der Waals surface area contributed by atoms with Gasteiger partial charge in [-0.1, -0.05) is 36.8 Å². The lowest BCUT2D eigenvalue weighted by Gasteiger charge is -2.16. The zero-order chi connectivity index (χ0) is 12.8. The van der Waals surface area contributed by atoms with E-state index in [0.29, 0.717) is 0 Å². The monoisotopic (exact) mass is 246 g/mol. The van der Waals surface area contributed by atoms with Gasteiger partial charge in [-0.25, -0.2) is 0 Å². The summed E-state index contributed by atoms with van der Waals surface area (Å²) >= 11 is 0. The van der Waals surface area contributed by atoms with Crippen molar-refractivity contribution in [2.75, 3.05) is 26.2 Å². The molecule has 0 bridgehead atoms. The Hall–Kier alpha value is -0.860. The second kappa shape index (κ2) is 6.91. The lowest BCUT2D eigenvalue weighted by atomic mass is 10.1. The molecule has 18 heavy (non-hydrogen) atoms. The molecule has 1 aliphatic rings. The van der Waals surface area contributed by atoms with Gasteiger partial charge in [0.25, 0.3) is 0 Å². The second-order valence-electron chi connectivity index (χ2n) is 5.52. The molecule has 1 N–H and O–H groups in total. The first-order valence-corrected chi connectivity index (χ1v) is 7.26. The first-order chi connectivity index (χ1) is 8.78. The first kappa shape index (κ1) is 13.6. The first-order valence-electron chi connectivity index (χ1n) is 7.26. The average molecular weight is 246 g/mol. The molecule has 1 aromatic rings. The van der Waals surface area contributed by atoms with Gasteiger partial charge in [0.2, 0.25) is 0 Å². The minimum absolute atomic E-state index is 0.897. The van der Waals surface area contributed by atoms with E-state index in [1.165, 1.54) is 43.6 Å². The van der Waals surface area contributed by atoms with E-state index in [1.54, 1.807) is 0 Å². The molecule has 1 aromatic carbocycles. The Labute approximate surface area is 111 Å². The summed E-state index contributed by atoms with van der Waals surface area (Å²) in [4.78, 5) is 2.60. The largest absolute Gasteiger partial charge is 0.317 e. The number of benzene rings is 1. The maximum atomic E-state index is 3.43. The van der Waals surface area contributed by atoms with E-state index in [-0.39, 0.29) is 0 Å². The molecule has 1 unspecified atom stereocenters. The van der Waals surface area contributed by atoms with Crippen LogP contribution in [0.5, 0.6) is 0 Å². The zero-order valence-electron chi connectivity index (χ0n) is 11.8.